The van der Waals surface area contributed by atoms with Crippen LogP contribution in [0.2, 0.25) is 0 Å². The Morgan fingerprint density at radius 1 is 1.11 bits per heavy atom. The first kappa shape index (κ1) is 15.7. The molecule has 0 spiro atoms. The zero-order valence-electron chi connectivity index (χ0n) is 13.0. The lowest BCUT2D eigenvalue weighted by Gasteiger charge is -2.23. The first-order chi connectivity index (χ1) is 9.14. The van der Waals surface area contributed by atoms with Gasteiger partial charge in [-0.2, -0.15) is 0 Å². The highest BCUT2D eigenvalue weighted by atomic mass is 15.1. The summed E-state index contributed by atoms with van der Waals surface area (Å²) in [5, 5.41) is 6.63. The van der Waals surface area contributed by atoms with Crippen LogP contribution in [0.15, 0.2) is 6.07 Å². The van der Waals surface area contributed by atoms with Gasteiger partial charge < -0.3 is 10.6 Å². The molecule has 0 bridgehead atoms. The van der Waals surface area contributed by atoms with E-state index >= 15 is 0 Å². The number of hydrogen-bond donors (Lipinski definition) is 2. The van der Waals surface area contributed by atoms with Gasteiger partial charge in [0.05, 0.1) is 0 Å². The smallest absolute Gasteiger partial charge is 0.133 e. The molecule has 0 aliphatic rings. The second kappa shape index (κ2) is 7.97. The van der Waals surface area contributed by atoms with Crippen LogP contribution in [0, 0.1) is 5.92 Å². The van der Waals surface area contributed by atoms with E-state index < -0.39 is 0 Å². The number of nitrogens with zero attached hydrogens (tertiary/aromatic N) is 2. The molecule has 0 aliphatic heterocycles. The topological polar surface area (TPSA) is 49.8 Å². The van der Waals surface area contributed by atoms with Crippen molar-refractivity contribution in [3.05, 3.63) is 11.9 Å². The van der Waals surface area contributed by atoms with Gasteiger partial charge in [0.25, 0.3) is 0 Å². The van der Waals surface area contributed by atoms with Crippen LogP contribution >= 0.6 is 0 Å². The van der Waals surface area contributed by atoms with E-state index in [2.05, 4.69) is 48.3 Å². The molecule has 0 amide bonds. The second-order valence-electron chi connectivity index (χ2n) is 5.06. The normalized spacial score (nSPS) is 12.5. The Bertz CT molecular complexity index is 374. The average Bonchev–Trinajstić information content (AvgIpc) is 2.40. The maximum atomic E-state index is 4.60. The van der Waals surface area contributed by atoms with Crippen LogP contribution in [0.4, 0.5) is 11.6 Å². The van der Waals surface area contributed by atoms with Crippen molar-refractivity contribution in [1.82, 2.24) is 9.97 Å². The van der Waals surface area contributed by atoms with Crippen molar-refractivity contribution in [2.45, 2.75) is 59.4 Å². The zero-order chi connectivity index (χ0) is 14.3. The summed E-state index contributed by atoms with van der Waals surface area (Å²) < 4.78 is 0. The molecule has 1 atom stereocenters. The largest absolute Gasteiger partial charge is 0.373 e. The van der Waals surface area contributed by atoms with Gasteiger partial charge in [0.15, 0.2) is 0 Å². The third kappa shape index (κ3) is 4.69. The number of aromatic nitrogens is 2. The molecule has 0 radical (unpaired) electrons. The Labute approximate surface area is 117 Å². The molecule has 0 aromatic carbocycles. The SMILES string of the molecule is CCCc1nc(NC)cc(NC(C)C(CC)CC)n1. The van der Waals surface area contributed by atoms with Gasteiger partial charge in [0.2, 0.25) is 0 Å². The molecular formula is C15H28N4. The lowest BCUT2D eigenvalue weighted by atomic mass is 9.95. The molecule has 4 heteroatoms. The highest BCUT2D eigenvalue weighted by molar-refractivity contribution is 5.47. The quantitative estimate of drug-likeness (QED) is 0.751. The van der Waals surface area contributed by atoms with E-state index in [0.29, 0.717) is 12.0 Å². The van der Waals surface area contributed by atoms with Crippen LogP contribution in [-0.4, -0.2) is 23.1 Å². The fourth-order valence-corrected chi connectivity index (χ4v) is 2.38. The van der Waals surface area contributed by atoms with Crippen LogP contribution in [0.3, 0.4) is 0 Å². The summed E-state index contributed by atoms with van der Waals surface area (Å²) in [6.07, 6.45) is 4.37. The highest BCUT2D eigenvalue weighted by Crippen LogP contribution is 2.19. The summed E-state index contributed by atoms with van der Waals surface area (Å²) in [4.78, 5) is 9.07. The van der Waals surface area contributed by atoms with Gasteiger partial charge >= 0.3 is 0 Å². The van der Waals surface area contributed by atoms with E-state index in [4.69, 9.17) is 0 Å². The summed E-state index contributed by atoms with van der Waals surface area (Å²) >= 11 is 0. The summed E-state index contributed by atoms with van der Waals surface area (Å²) in [5.41, 5.74) is 0. The van der Waals surface area contributed by atoms with Crippen molar-refractivity contribution in [2.75, 3.05) is 17.7 Å². The van der Waals surface area contributed by atoms with Gasteiger partial charge in [-0.1, -0.05) is 33.6 Å². The van der Waals surface area contributed by atoms with Gasteiger partial charge in [-0.15, -0.1) is 0 Å². The minimum atomic E-state index is 0.434. The molecule has 108 valence electrons. The Kier molecular flexibility index (Phi) is 6.60. The number of nitrogens with one attached hydrogen (secondary N) is 2. The van der Waals surface area contributed by atoms with E-state index in [9.17, 15) is 0 Å². The van der Waals surface area contributed by atoms with Crippen LogP contribution < -0.4 is 10.6 Å². The Morgan fingerprint density at radius 2 is 1.74 bits per heavy atom. The van der Waals surface area contributed by atoms with Gasteiger partial charge in [-0.05, 0) is 19.3 Å². The number of hydrogen-bond acceptors (Lipinski definition) is 4. The van der Waals surface area contributed by atoms with Crippen LogP contribution in [0.5, 0.6) is 0 Å². The molecule has 0 fully saturated rings. The molecule has 0 aliphatic carbocycles. The lowest BCUT2D eigenvalue weighted by Crippen LogP contribution is -2.25. The summed E-state index contributed by atoms with van der Waals surface area (Å²) in [7, 11) is 1.89. The predicted molar refractivity (Wildman–Crippen MR) is 82.7 cm³/mol. The van der Waals surface area contributed by atoms with Crippen LogP contribution in [0.1, 0.15) is 52.8 Å². The maximum absolute atomic E-state index is 4.60. The lowest BCUT2D eigenvalue weighted by molar-refractivity contribution is 0.437. The van der Waals surface area contributed by atoms with E-state index in [-0.39, 0.29) is 0 Å². The molecule has 0 saturated carbocycles. The van der Waals surface area contributed by atoms with Gasteiger partial charge in [-0.3, -0.25) is 0 Å². The standard InChI is InChI=1S/C15H28N4/c1-6-9-13-18-14(16-5)10-15(19-13)17-11(4)12(7-2)8-3/h10-12H,6-9H2,1-5H3,(H2,16,17,18,19). The number of aryl methyl sites for hydroxylation is 1. The molecule has 1 aromatic heterocycles. The average molecular weight is 264 g/mol. The molecule has 4 nitrogen and oxygen atoms in total. The van der Waals surface area contributed by atoms with E-state index in [0.717, 1.165) is 30.3 Å². The number of anilines is 2. The van der Waals surface area contributed by atoms with Gasteiger partial charge in [-0.25, -0.2) is 9.97 Å². The van der Waals surface area contributed by atoms with Crippen molar-refractivity contribution in [2.24, 2.45) is 5.92 Å². The zero-order valence-corrected chi connectivity index (χ0v) is 13.0. The molecule has 1 heterocycles. The van der Waals surface area contributed by atoms with Crippen molar-refractivity contribution in [1.29, 1.82) is 0 Å². The van der Waals surface area contributed by atoms with E-state index in [1.807, 2.05) is 13.1 Å². The van der Waals surface area contributed by atoms with E-state index in [1.165, 1.54) is 12.8 Å². The van der Waals surface area contributed by atoms with Crippen molar-refractivity contribution in [3.8, 4) is 0 Å². The fraction of sp³-hybridized carbons (Fsp3) is 0.733. The number of rotatable bonds is 8. The molecule has 19 heavy (non-hydrogen) atoms. The van der Waals surface area contributed by atoms with Gasteiger partial charge in [0, 0.05) is 25.6 Å². The maximum Gasteiger partial charge on any atom is 0.133 e. The third-order valence-electron chi connectivity index (χ3n) is 3.63. The highest BCUT2D eigenvalue weighted by Gasteiger charge is 2.14. The third-order valence-corrected chi connectivity index (χ3v) is 3.63. The molecular weight excluding hydrogens is 236 g/mol. The molecule has 0 saturated heterocycles. The minimum Gasteiger partial charge on any atom is -0.373 e. The molecule has 1 rings (SSSR count). The first-order valence-corrected chi connectivity index (χ1v) is 7.46. The molecule has 1 unspecified atom stereocenters. The molecule has 1 aromatic rings. The predicted octanol–water partition coefficient (Wildman–Crippen LogP) is 3.71. The Hall–Kier alpha value is -1.32. The Morgan fingerprint density at radius 3 is 2.26 bits per heavy atom. The molecule has 2 N–H and O–H groups in total. The summed E-state index contributed by atoms with van der Waals surface area (Å²) in [6, 6.07) is 2.42. The van der Waals surface area contributed by atoms with Crippen LogP contribution in [0.25, 0.3) is 0 Å². The summed E-state index contributed by atoms with van der Waals surface area (Å²) in [5.74, 6) is 3.41. The second-order valence-corrected chi connectivity index (χ2v) is 5.06. The van der Waals surface area contributed by atoms with Crippen molar-refractivity contribution < 1.29 is 0 Å². The fourth-order valence-electron chi connectivity index (χ4n) is 2.38. The van der Waals surface area contributed by atoms with Crippen molar-refractivity contribution in [3.63, 3.8) is 0 Å². The van der Waals surface area contributed by atoms with Gasteiger partial charge in [0.1, 0.15) is 17.5 Å². The Balaban J connectivity index is 2.84. The minimum absolute atomic E-state index is 0.434. The summed E-state index contributed by atoms with van der Waals surface area (Å²) in [6.45, 7) is 8.87. The van der Waals surface area contributed by atoms with E-state index in [1.54, 1.807) is 0 Å². The first-order valence-electron chi connectivity index (χ1n) is 7.46. The van der Waals surface area contributed by atoms with Crippen LogP contribution in [-0.2, 0) is 6.42 Å². The monoisotopic (exact) mass is 264 g/mol. The van der Waals surface area contributed by atoms with Crippen molar-refractivity contribution >= 4 is 11.6 Å².